The summed E-state index contributed by atoms with van der Waals surface area (Å²) in [6.07, 6.45) is 2.35. The molecule has 1 N–H and O–H groups in total. The van der Waals surface area contributed by atoms with Gasteiger partial charge in [-0.25, -0.2) is 0 Å². The molecule has 18 heavy (non-hydrogen) atoms. The lowest BCUT2D eigenvalue weighted by Gasteiger charge is -2.15. The van der Waals surface area contributed by atoms with Crippen LogP contribution in [0.15, 0.2) is 22.7 Å². The number of rotatable bonds is 8. The Morgan fingerprint density at radius 2 is 1.94 bits per heavy atom. The summed E-state index contributed by atoms with van der Waals surface area (Å²) in [5.74, 6) is 1.60. The van der Waals surface area contributed by atoms with Crippen LogP contribution in [0.5, 0.6) is 5.75 Å². The van der Waals surface area contributed by atoms with Crippen molar-refractivity contribution >= 4 is 15.9 Å². The summed E-state index contributed by atoms with van der Waals surface area (Å²) in [5.41, 5.74) is 1.28. The number of benzene rings is 1. The van der Waals surface area contributed by atoms with E-state index in [-0.39, 0.29) is 0 Å². The SMILES string of the molecule is CCNCc1ccc(OCC(CC)CC)c(Br)c1. The molecule has 0 unspecified atom stereocenters. The maximum Gasteiger partial charge on any atom is 0.133 e. The summed E-state index contributed by atoms with van der Waals surface area (Å²) in [6, 6.07) is 6.31. The molecule has 0 heterocycles. The molecule has 0 bridgehead atoms. The fourth-order valence-electron chi connectivity index (χ4n) is 1.77. The third-order valence-electron chi connectivity index (χ3n) is 3.20. The van der Waals surface area contributed by atoms with Gasteiger partial charge in [-0.15, -0.1) is 0 Å². The summed E-state index contributed by atoms with van der Waals surface area (Å²) in [6.45, 7) is 9.24. The van der Waals surface area contributed by atoms with E-state index in [4.69, 9.17) is 4.74 Å². The molecule has 0 atom stereocenters. The summed E-state index contributed by atoms with van der Waals surface area (Å²) < 4.78 is 6.92. The van der Waals surface area contributed by atoms with Crippen LogP contribution in [-0.2, 0) is 6.54 Å². The Morgan fingerprint density at radius 1 is 1.22 bits per heavy atom. The molecule has 3 heteroatoms. The highest BCUT2D eigenvalue weighted by molar-refractivity contribution is 9.10. The Kier molecular flexibility index (Phi) is 7.36. The van der Waals surface area contributed by atoms with Crippen molar-refractivity contribution in [2.75, 3.05) is 13.2 Å². The van der Waals surface area contributed by atoms with Crippen molar-refractivity contribution in [1.29, 1.82) is 0 Å². The molecule has 102 valence electrons. The molecule has 0 saturated heterocycles. The molecule has 0 aromatic heterocycles. The molecule has 0 fully saturated rings. The standard InChI is InChI=1S/C15H24BrNO/c1-4-12(5-2)11-18-15-8-7-13(9-14(15)16)10-17-6-3/h7-9,12,17H,4-6,10-11H2,1-3H3. The number of ether oxygens (including phenoxy) is 1. The van der Waals surface area contributed by atoms with E-state index < -0.39 is 0 Å². The fraction of sp³-hybridized carbons (Fsp3) is 0.600. The molecule has 1 aromatic carbocycles. The maximum absolute atomic E-state index is 5.87. The Balaban J connectivity index is 2.56. The van der Waals surface area contributed by atoms with E-state index in [0.717, 1.165) is 29.9 Å². The zero-order valence-electron chi connectivity index (χ0n) is 11.6. The van der Waals surface area contributed by atoms with Gasteiger partial charge in [0, 0.05) is 6.54 Å². The van der Waals surface area contributed by atoms with E-state index in [0.29, 0.717) is 5.92 Å². The largest absolute Gasteiger partial charge is 0.492 e. The smallest absolute Gasteiger partial charge is 0.133 e. The summed E-state index contributed by atoms with van der Waals surface area (Å²) in [4.78, 5) is 0. The van der Waals surface area contributed by atoms with Crippen molar-refractivity contribution in [1.82, 2.24) is 5.32 Å². The van der Waals surface area contributed by atoms with Gasteiger partial charge in [0.05, 0.1) is 11.1 Å². The van der Waals surface area contributed by atoms with Gasteiger partial charge in [-0.1, -0.05) is 39.7 Å². The second-order valence-electron chi connectivity index (χ2n) is 4.54. The predicted molar refractivity (Wildman–Crippen MR) is 81.1 cm³/mol. The first-order chi connectivity index (χ1) is 8.71. The number of hydrogen-bond acceptors (Lipinski definition) is 2. The van der Waals surface area contributed by atoms with E-state index in [9.17, 15) is 0 Å². The van der Waals surface area contributed by atoms with Crippen molar-refractivity contribution in [3.63, 3.8) is 0 Å². The van der Waals surface area contributed by atoms with Crippen LogP contribution in [0.3, 0.4) is 0 Å². The van der Waals surface area contributed by atoms with Gasteiger partial charge in [-0.2, -0.15) is 0 Å². The van der Waals surface area contributed by atoms with E-state index in [1.165, 1.54) is 18.4 Å². The lowest BCUT2D eigenvalue weighted by atomic mass is 10.1. The van der Waals surface area contributed by atoms with Crippen molar-refractivity contribution in [2.45, 2.75) is 40.2 Å². The van der Waals surface area contributed by atoms with Gasteiger partial charge in [0.1, 0.15) is 5.75 Å². The van der Waals surface area contributed by atoms with Gasteiger partial charge >= 0.3 is 0 Å². The van der Waals surface area contributed by atoms with Crippen LogP contribution in [0.2, 0.25) is 0 Å². The van der Waals surface area contributed by atoms with Gasteiger partial charge in [-0.05, 0) is 46.1 Å². The van der Waals surface area contributed by atoms with Crippen molar-refractivity contribution < 1.29 is 4.74 Å². The topological polar surface area (TPSA) is 21.3 Å². The first kappa shape index (κ1) is 15.5. The molecular weight excluding hydrogens is 290 g/mol. The van der Waals surface area contributed by atoms with Crippen molar-refractivity contribution in [2.24, 2.45) is 5.92 Å². The van der Waals surface area contributed by atoms with Crippen LogP contribution in [0.4, 0.5) is 0 Å². The minimum Gasteiger partial charge on any atom is -0.492 e. The van der Waals surface area contributed by atoms with Crippen LogP contribution in [0.25, 0.3) is 0 Å². The molecule has 1 rings (SSSR count). The minimum absolute atomic E-state index is 0.651. The highest BCUT2D eigenvalue weighted by atomic mass is 79.9. The first-order valence-corrected chi connectivity index (χ1v) is 7.62. The highest BCUT2D eigenvalue weighted by Crippen LogP contribution is 2.27. The Morgan fingerprint density at radius 3 is 2.50 bits per heavy atom. The summed E-state index contributed by atoms with van der Waals surface area (Å²) in [5, 5.41) is 3.32. The second-order valence-corrected chi connectivity index (χ2v) is 5.39. The molecule has 0 aliphatic carbocycles. The molecule has 0 aliphatic heterocycles. The van der Waals surface area contributed by atoms with Crippen LogP contribution in [0, 0.1) is 5.92 Å². The van der Waals surface area contributed by atoms with Crippen molar-refractivity contribution in [3.05, 3.63) is 28.2 Å². The van der Waals surface area contributed by atoms with E-state index in [2.05, 4.69) is 60.2 Å². The third kappa shape index (κ3) is 4.99. The molecule has 1 aromatic rings. The molecular formula is C15H24BrNO. The van der Waals surface area contributed by atoms with Gasteiger partial charge in [0.25, 0.3) is 0 Å². The maximum atomic E-state index is 5.87. The van der Waals surface area contributed by atoms with Gasteiger partial charge in [0.2, 0.25) is 0 Å². The lowest BCUT2D eigenvalue weighted by molar-refractivity contribution is 0.239. The molecule has 0 amide bonds. The Hall–Kier alpha value is -0.540. The molecule has 0 spiro atoms. The van der Waals surface area contributed by atoms with Gasteiger partial charge in [0.15, 0.2) is 0 Å². The van der Waals surface area contributed by atoms with Gasteiger partial charge < -0.3 is 10.1 Å². The summed E-state index contributed by atoms with van der Waals surface area (Å²) >= 11 is 3.58. The van der Waals surface area contributed by atoms with Crippen LogP contribution >= 0.6 is 15.9 Å². The number of halogens is 1. The monoisotopic (exact) mass is 313 g/mol. The Labute approximate surface area is 119 Å². The highest BCUT2D eigenvalue weighted by Gasteiger charge is 2.07. The minimum atomic E-state index is 0.651. The quantitative estimate of drug-likeness (QED) is 0.769. The average Bonchev–Trinajstić information content (AvgIpc) is 2.39. The number of hydrogen-bond donors (Lipinski definition) is 1. The van der Waals surface area contributed by atoms with Crippen molar-refractivity contribution in [3.8, 4) is 5.75 Å². The van der Waals surface area contributed by atoms with Crippen LogP contribution < -0.4 is 10.1 Å². The molecule has 2 nitrogen and oxygen atoms in total. The predicted octanol–water partition coefficient (Wildman–Crippen LogP) is 4.37. The number of nitrogens with one attached hydrogen (secondary N) is 1. The van der Waals surface area contributed by atoms with E-state index >= 15 is 0 Å². The summed E-state index contributed by atoms with van der Waals surface area (Å²) in [7, 11) is 0. The van der Waals surface area contributed by atoms with Gasteiger partial charge in [-0.3, -0.25) is 0 Å². The average molecular weight is 314 g/mol. The van der Waals surface area contributed by atoms with E-state index in [1.54, 1.807) is 0 Å². The Bertz CT molecular complexity index is 350. The zero-order chi connectivity index (χ0) is 13.4. The fourth-order valence-corrected chi connectivity index (χ4v) is 2.31. The lowest BCUT2D eigenvalue weighted by Crippen LogP contribution is -2.12. The third-order valence-corrected chi connectivity index (χ3v) is 3.82. The molecule has 0 aliphatic rings. The van der Waals surface area contributed by atoms with E-state index in [1.807, 2.05) is 0 Å². The normalized spacial score (nSPS) is 10.9. The molecule has 0 radical (unpaired) electrons. The molecule has 0 saturated carbocycles. The first-order valence-electron chi connectivity index (χ1n) is 6.83. The zero-order valence-corrected chi connectivity index (χ0v) is 13.2. The van der Waals surface area contributed by atoms with Crippen LogP contribution in [0.1, 0.15) is 39.2 Å². The van der Waals surface area contributed by atoms with Crippen LogP contribution in [-0.4, -0.2) is 13.2 Å². The second kappa shape index (κ2) is 8.54.